The zero-order valence-corrected chi connectivity index (χ0v) is 8.29. The van der Waals surface area contributed by atoms with Crippen LogP contribution >= 0.6 is 0 Å². The van der Waals surface area contributed by atoms with Crippen molar-refractivity contribution in [3.05, 3.63) is 23.9 Å². The summed E-state index contributed by atoms with van der Waals surface area (Å²) >= 11 is 0. The summed E-state index contributed by atoms with van der Waals surface area (Å²) in [5.74, 6) is 0.485. The normalized spacial score (nSPS) is 11.1. The molecule has 0 aromatic carbocycles. The van der Waals surface area contributed by atoms with Crippen molar-refractivity contribution in [2.75, 3.05) is 0 Å². The zero-order valence-electron chi connectivity index (χ0n) is 8.29. The number of halogens is 1. The Labute approximate surface area is 81.6 Å². The average Bonchev–Trinajstić information content (AvgIpc) is 2.44. The van der Waals surface area contributed by atoms with Crippen LogP contribution in [-0.4, -0.2) is 14.5 Å². The molecule has 2 heterocycles. The molecule has 0 aliphatic carbocycles. The van der Waals surface area contributed by atoms with Crippen molar-refractivity contribution in [1.29, 1.82) is 0 Å². The van der Waals surface area contributed by atoms with Crippen LogP contribution in [0.2, 0.25) is 0 Å². The number of rotatable bonds is 2. The summed E-state index contributed by atoms with van der Waals surface area (Å²) in [5.41, 5.74) is 1.38. The number of pyridine rings is 1. The average molecular weight is 193 g/mol. The van der Waals surface area contributed by atoms with E-state index in [9.17, 15) is 4.39 Å². The number of hydrogen-bond donors (Lipinski definition) is 0. The highest BCUT2D eigenvalue weighted by Gasteiger charge is 2.08. The third-order valence-corrected chi connectivity index (χ3v) is 2.28. The minimum absolute atomic E-state index is 0.473. The molecule has 0 radical (unpaired) electrons. The third kappa shape index (κ3) is 1.36. The molecule has 0 aliphatic rings. The molecule has 0 unspecified atom stereocenters. The van der Waals surface area contributed by atoms with Crippen LogP contribution in [0.4, 0.5) is 4.39 Å². The van der Waals surface area contributed by atoms with Gasteiger partial charge in [0.1, 0.15) is 5.82 Å². The topological polar surface area (TPSA) is 30.7 Å². The molecular formula is C10H12FN3. The minimum atomic E-state index is -0.473. The van der Waals surface area contributed by atoms with Gasteiger partial charge in [-0.25, -0.2) is 4.98 Å². The smallest absolute Gasteiger partial charge is 0.215 e. The Bertz CT molecular complexity index is 462. The Kier molecular flexibility index (Phi) is 2.19. The molecule has 0 atom stereocenters. The van der Waals surface area contributed by atoms with E-state index in [2.05, 4.69) is 16.9 Å². The summed E-state index contributed by atoms with van der Waals surface area (Å²) in [5, 5.41) is 0. The highest BCUT2D eigenvalue weighted by molar-refractivity contribution is 5.71. The molecule has 0 N–H and O–H groups in total. The molecule has 0 bridgehead atoms. The molecule has 2 aromatic rings. The van der Waals surface area contributed by atoms with E-state index in [0.29, 0.717) is 5.65 Å². The van der Waals surface area contributed by atoms with E-state index in [-0.39, 0.29) is 0 Å². The van der Waals surface area contributed by atoms with Crippen LogP contribution < -0.4 is 0 Å². The van der Waals surface area contributed by atoms with Gasteiger partial charge < -0.3 is 4.57 Å². The molecule has 74 valence electrons. The van der Waals surface area contributed by atoms with Crippen molar-refractivity contribution in [2.45, 2.75) is 19.8 Å². The van der Waals surface area contributed by atoms with Crippen LogP contribution in [0.15, 0.2) is 12.1 Å². The fraction of sp³-hybridized carbons (Fsp3) is 0.400. The minimum Gasteiger partial charge on any atom is -0.330 e. The number of aromatic nitrogens is 3. The van der Waals surface area contributed by atoms with E-state index < -0.39 is 5.95 Å². The molecule has 0 fully saturated rings. The third-order valence-electron chi connectivity index (χ3n) is 2.28. The van der Waals surface area contributed by atoms with Gasteiger partial charge in [0.15, 0.2) is 5.65 Å². The summed E-state index contributed by atoms with van der Waals surface area (Å²) < 4.78 is 14.8. The standard InChI is InChI=1S/C10H12FN3/c1-3-4-9-13-10-7(14(9)2)5-6-8(11)12-10/h5-6H,3-4H2,1-2H3. The molecule has 2 aromatic heterocycles. The van der Waals surface area contributed by atoms with Gasteiger partial charge in [0.2, 0.25) is 5.95 Å². The van der Waals surface area contributed by atoms with E-state index in [0.717, 1.165) is 24.2 Å². The van der Waals surface area contributed by atoms with E-state index in [4.69, 9.17) is 0 Å². The van der Waals surface area contributed by atoms with E-state index >= 15 is 0 Å². The SMILES string of the molecule is CCCc1nc2nc(F)ccc2n1C. The molecule has 3 nitrogen and oxygen atoms in total. The summed E-state index contributed by atoms with van der Waals surface area (Å²) in [6, 6.07) is 3.07. The van der Waals surface area contributed by atoms with E-state index in [1.54, 1.807) is 6.07 Å². The molecule has 0 amide bonds. The fourth-order valence-electron chi connectivity index (χ4n) is 1.55. The van der Waals surface area contributed by atoms with Gasteiger partial charge in [-0.15, -0.1) is 0 Å². The predicted molar refractivity (Wildman–Crippen MR) is 52.5 cm³/mol. The summed E-state index contributed by atoms with van der Waals surface area (Å²) in [6.07, 6.45) is 1.92. The lowest BCUT2D eigenvalue weighted by molar-refractivity contribution is 0.588. The molecule has 2 rings (SSSR count). The first-order valence-electron chi connectivity index (χ1n) is 4.70. The van der Waals surface area contributed by atoms with Crippen molar-refractivity contribution in [2.24, 2.45) is 7.05 Å². The van der Waals surface area contributed by atoms with Crippen molar-refractivity contribution in [3.63, 3.8) is 0 Å². The van der Waals surface area contributed by atoms with Gasteiger partial charge in [-0.05, 0) is 18.6 Å². The van der Waals surface area contributed by atoms with Gasteiger partial charge in [-0.3, -0.25) is 0 Å². The second-order valence-electron chi connectivity index (χ2n) is 3.31. The molecule has 0 spiro atoms. The number of hydrogen-bond acceptors (Lipinski definition) is 2. The monoisotopic (exact) mass is 193 g/mol. The predicted octanol–water partition coefficient (Wildman–Crippen LogP) is 2.06. The number of fused-ring (bicyclic) bond motifs is 1. The van der Waals surface area contributed by atoms with Crippen LogP contribution in [-0.2, 0) is 13.5 Å². The Morgan fingerprint density at radius 2 is 2.14 bits per heavy atom. The Morgan fingerprint density at radius 3 is 2.86 bits per heavy atom. The van der Waals surface area contributed by atoms with Crippen molar-refractivity contribution < 1.29 is 4.39 Å². The molecule has 0 saturated heterocycles. The van der Waals surface area contributed by atoms with Crippen LogP contribution in [0.1, 0.15) is 19.2 Å². The lowest BCUT2D eigenvalue weighted by Crippen LogP contribution is -1.96. The van der Waals surface area contributed by atoms with E-state index in [1.807, 2.05) is 11.6 Å². The van der Waals surface area contributed by atoms with E-state index in [1.165, 1.54) is 6.07 Å². The van der Waals surface area contributed by atoms with Crippen LogP contribution in [0, 0.1) is 5.95 Å². The van der Waals surface area contributed by atoms with Gasteiger partial charge in [0, 0.05) is 13.5 Å². The van der Waals surface area contributed by atoms with Crippen LogP contribution in [0.25, 0.3) is 11.2 Å². The van der Waals surface area contributed by atoms with Gasteiger partial charge in [0.25, 0.3) is 0 Å². The van der Waals surface area contributed by atoms with Gasteiger partial charge in [-0.1, -0.05) is 6.92 Å². The molecule has 0 saturated carbocycles. The first-order valence-corrected chi connectivity index (χ1v) is 4.70. The highest BCUT2D eigenvalue weighted by Crippen LogP contribution is 2.13. The lowest BCUT2D eigenvalue weighted by atomic mass is 10.3. The molecule has 14 heavy (non-hydrogen) atoms. The summed E-state index contributed by atoms with van der Waals surface area (Å²) in [6.45, 7) is 2.09. The summed E-state index contributed by atoms with van der Waals surface area (Å²) in [4.78, 5) is 8.02. The van der Waals surface area contributed by atoms with Gasteiger partial charge in [0.05, 0.1) is 5.52 Å². The number of nitrogens with zero attached hydrogens (tertiary/aromatic N) is 3. The maximum atomic E-state index is 12.8. The number of imidazole rings is 1. The van der Waals surface area contributed by atoms with Crippen molar-refractivity contribution >= 4 is 11.2 Å². The fourth-order valence-corrected chi connectivity index (χ4v) is 1.55. The molecule has 0 aliphatic heterocycles. The summed E-state index contributed by atoms with van der Waals surface area (Å²) in [7, 11) is 1.93. The molecule has 4 heteroatoms. The van der Waals surface area contributed by atoms with Crippen LogP contribution in [0.5, 0.6) is 0 Å². The quantitative estimate of drug-likeness (QED) is 0.683. The second-order valence-corrected chi connectivity index (χ2v) is 3.31. The highest BCUT2D eigenvalue weighted by atomic mass is 19.1. The zero-order chi connectivity index (χ0) is 10.1. The van der Waals surface area contributed by atoms with Gasteiger partial charge >= 0.3 is 0 Å². The maximum absolute atomic E-state index is 12.8. The van der Waals surface area contributed by atoms with Crippen molar-refractivity contribution in [3.8, 4) is 0 Å². The first kappa shape index (κ1) is 9.12. The Hall–Kier alpha value is -1.45. The van der Waals surface area contributed by atoms with Crippen LogP contribution in [0.3, 0.4) is 0 Å². The Balaban J connectivity index is 2.61. The van der Waals surface area contributed by atoms with Crippen molar-refractivity contribution in [1.82, 2.24) is 14.5 Å². The lowest BCUT2D eigenvalue weighted by Gasteiger charge is -1.98. The maximum Gasteiger partial charge on any atom is 0.215 e. The second kappa shape index (κ2) is 3.36. The first-order chi connectivity index (χ1) is 6.72. The molecular weight excluding hydrogens is 181 g/mol. The number of aryl methyl sites for hydroxylation is 2. The largest absolute Gasteiger partial charge is 0.330 e. The Morgan fingerprint density at radius 1 is 1.36 bits per heavy atom. The van der Waals surface area contributed by atoms with Gasteiger partial charge in [-0.2, -0.15) is 9.37 Å².